The van der Waals surface area contributed by atoms with Crippen LogP contribution in [0.15, 0.2) is 29.3 Å². The monoisotopic (exact) mass is 485 g/mol. The highest BCUT2D eigenvalue weighted by Crippen LogP contribution is 2.26. The number of benzene rings is 1. The first-order chi connectivity index (χ1) is 12.7. The summed E-state index contributed by atoms with van der Waals surface area (Å²) in [6.45, 7) is 6.12. The number of rotatable bonds is 6. The lowest BCUT2D eigenvalue weighted by Gasteiger charge is -2.34. The Balaban J connectivity index is 0.00000261. The number of hydrogen-bond acceptors (Lipinski definition) is 2. The zero-order valence-corrected chi connectivity index (χ0v) is 19.3. The summed E-state index contributed by atoms with van der Waals surface area (Å²) in [5.74, 6) is 1.86. The molecular weight excluding hydrogens is 449 g/mol. The van der Waals surface area contributed by atoms with E-state index in [0.29, 0.717) is 6.10 Å². The van der Waals surface area contributed by atoms with E-state index in [4.69, 9.17) is 4.74 Å². The number of hydrogen-bond donors (Lipinski definition) is 1. The fourth-order valence-electron chi connectivity index (χ4n) is 4.09. The van der Waals surface area contributed by atoms with Crippen LogP contribution in [0.2, 0.25) is 0 Å². The molecule has 27 heavy (non-hydrogen) atoms. The van der Waals surface area contributed by atoms with Gasteiger partial charge in [-0.05, 0) is 50.5 Å². The summed E-state index contributed by atoms with van der Waals surface area (Å²) in [5, 5.41) is 3.53. The Morgan fingerprint density at radius 2 is 1.78 bits per heavy atom. The molecule has 0 spiro atoms. The highest BCUT2D eigenvalue weighted by atomic mass is 127. The molecule has 0 aromatic heterocycles. The van der Waals surface area contributed by atoms with Crippen LogP contribution in [0.3, 0.4) is 0 Å². The maximum atomic E-state index is 6.19. The van der Waals surface area contributed by atoms with Gasteiger partial charge in [-0.25, -0.2) is 0 Å². The van der Waals surface area contributed by atoms with Gasteiger partial charge in [0.1, 0.15) is 0 Å². The minimum atomic E-state index is 0. The molecular formula is C22H36IN3O. The zero-order valence-electron chi connectivity index (χ0n) is 17.0. The molecule has 2 fully saturated rings. The van der Waals surface area contributed by atoms with E-state index in [2.05, 4.69) is 46.4 Å². The van der Waals surface area contributed by atoms with Gasteiger partial charge in [0.15, 0.2) is 5.96 Å². The Morgan fingerprint density at radius 1 is 1.11 bits per heavy atom. The average Bonchev–Trinajstić information content (AvgIpc) is 3.19. The standard InChI is InChI=1S/C22H35N3O.HI/c1-18-7-9-19(10-8-18)11-14-24-22(23-2)25-15-12-21(13-16-25)26-17-20-5-3-4-6-20;/h7-10,20-21H,3-6,11-17H2,1-2H3,(H,23,24);1H. The van der Waals surface area contributed by atoms with Crippen LogP contribution in [0.1, 0.15) is 49.7 Å². The van der Waals surface area contributed by atoms with Crippen LogP contribution in [0, 0.1) is 12.8 Å². The first-order valence-corrected chi connectivity index (χ1v) is 10.4. The van der Waals surface area contributed by atoms with Crippen molar-refractivity contribution >= 4 is 29.9 Å². The van der Waals surface area contributed by atoms with E-state index in [-0.39, 0.29) is 24.0 Å². The van der Waals surface area contributed by atoms with E-state index in [1.807, 2.05) is 7.05 Å². The minimum absolute atomic E-state index is 0. The Morgan fingerprint density at radius 3 is 2.41 bits per heavy atom. The molecule has 4 nitrogen and oxygen atoms in total. The second-order valence-electron chi connectivity index (χ2n) is 7.88. The van der Waals surface area contributed by atoms with Gasteiger partial charge in [-0.2, -0.15) is 0 Å². The van der Waals surface area contributed by atoms with Crippen molar-refractivity contribution in [2.45, 2.75) is 58.0 Å². The molecule has 1 N–H and O–H groups in total. The molecule has 1 heterocycles. The molecule has 1 aromatic carbocycles. The molecule has 152 valence electrons. The molecule has 0 atom stereocenters. The van der Waals surface area contributed by atoms with E-state index >= 15 is 0 Å². The number of piperidine rings is 1. The number of ether oxygens (including phenoxy) is 1. The van der Waals surface area contributed by atoms with Crippen LogP contribution >= 0.6 is 24.0 Å². The number of halogens is 1. The highest BCUT2D eigenvalue weighted by Gasteiger charge is 2.23. The lowest BCUT2D eigenvalue weighted by molar-refractivity contribution is 0.00103. The minimum Gasteiger partial charge on any atom is -0.378 e. The van der Waals surface area contributed by atoms with Crippen molar-refractivity contribution in [1.82, 2.24) is 10.2 Å². The summed E-state index contributed by atoms with van der Waals surface area (Å²) < 4.78 is 6.19. The molecule has 1 aliphatic carbocycles. The largest absolute Gasteiger partial charge is 0.378 e. The molecule has 3 rings (SSSR count). The quantitative estimate of drug-likeness (QED) is 0.369. The van der Waals surface area contributed by atoms with E-state index in [0.717, 1.165) is 57.4 Å². The maximum Gasteiger partial charge on any atom is 0.193 e. The number of guanidine groups is 1. The number of nitrogens with one attached hydrogen (secondary N) is 1. The zero-order chi connectivity index (χ0) is 18.2. The van der Waals surface area contributed by atoms with Crippen LogP contribution in [0.5, 0.6) is 0 Å². The smallest absolute Gasteiger partial charge is 0.193 e. The van der Waals surface area contributed by atoms with E-state index in [1.54, 1.807) is 0 Å². The summed E-state index contributed by atoms with van der Waals surface area (Å²) >= 11 is 0. The van der Waals surface area contributed by atoms with Crippen LogP contribution in [0.25, 0.3) is 0 Å². The fourth-order valence-corrected chi connectivity index (χ4v) is 4.09. The average molecular weight is 485 g/mol. The SMILES string of the molecule is CN=C(NCCc1ccc(C)cc1)N1CCC(OCC2CCCC2)CC1.I. The normalized spacial score (nSPS) is 19.2. The van der Waals surface area contributed by atoms with E-state index < -0.39 is 0 Å². The van der Waals surface area contributed by atoms with Crippen molar-refractivity contribution in [3.63, 3.8) is 0 Å². The lowest BCUT2D eigenvalue weighted by Crippen LogP contribution is -2.47. The molecule has 0 radical (unpaired) electrons. The van der Waals surface area contributed by atoms with Gasteiger partial charge < -0.3 is 15.0 Å². The Labute approximate surface area is 182 Å². The number of nitrogens with zero attached hydrogens (tertiary/aromatic N) is 2. The first kappa shape index (κ1) is 22.5. The van der Waals surface area contributed by atoms with Gasteiger partial charge in [0, 0.05) is 33.3 Å². The van der Waals surface area contributed by atoms with E-state index in [9.17, 15) is 0 Å². The van der Waals surface area contributed by atoms with Gasteiger partial charge in [-0.3, -0.25) is 4.99 Å². The van der Waals surface area contributed by atoms with Crippen molar-refractivity contribution in [2.75, 3.05) is 33.3 Å². The van der Waals surface area contributed by atoms with Crippen LogP contribution in [-0.2, 0) is 11.2 Å². The topological polar surface area (TPSA) is 36.9 Å². The number of likely N-dealkylation sites (tertiary alicyclic amines) is 1. The van der Waals surface area contributed by atoms with Crippen molar-refractivity contribution < 1.29 is 4.74 Å². The fraction of sp³-hybridized carbons (Fsp3) is 0.682. The summed E-state index contributed by atoms with van der Waals surface area (Å²) in [6, 6.07) is 8.79. The summed E-state index contributed by atoms with van der Waals surface area (Å²) in [6.07, 6.45) is 9.25. The predicted octanol–water partition coefficient (Wildman–Crippen LogP) is 4.40. The number of aliphatic imine (C=N–C) groups is 1. The predicted molar refractivity (Wildman–Crippen MR) is 124 cm³/mol. The Bertz CT molecular complexity index is 561. The second kappa shape index (κ2) is 11.9. The van der Waals surface area contributed by atoms with Gasteiger partial charge in [0.25, 0.3) is 0 Å². The summed E-state index contributed by atoms with van der Waals surface area (Å²) in [7, 11) is 1.89. The molecule has 0 unspecified atom stereocenters. The third-order valence-electron chi connectivity index (χ3n) is 5.81. The molecule has 0 bridgehead atoms. The molecule has 2 aliphatic rings. The second-order valence-corrected chi connectivity index (χ2v) is 7.88. The molecule has 0 amide bonds. The molecule has 1 saturated heterocycles. The van der Waals surface area contributed by atoms with Crippen molar-refractivity contribution in [2.24, 2.45) is 10.9 Å². The van der Waals surface area contributed by atoms with Crippen molar-refractivity contribution in [1.29, 1.82) is 0 Å². The molecule has 1 saturated carbocycles. The summed E-state index contributed by atoms with van der Waals surface area (Å²) in [4.78, 5) is 6.86. The van der Waals surface area contributed by atoms with Crippen LogP contribution in [-0.4, -0.2) is 50.3 Å². The van der Waals surface area contributed by atoms with Crippen molar-refractivity contribution in [3.05, 3.63) is 35.4 Å². The molecule has 1 aromatic rings. The third kappa shape index (κ3) is 7.26. The van der Waals surface area contributed by atoms with Crippen LogP contribution in [0.4, 0.5) is 0 Å². The van der Waals surface area contributed by atoms with E-state index in [1.165, 1.54) is 36.8 Å². The van der Waals surface area contributed by atoms with Gasteiger partial charge in [-0.1, -0.05) is 42.7 Å². The first-order valence-electron chi connectivity index (χ1n) is 10.4. The van der Waals surface area contributed by atoms with Crippen LogP contribution < -0.4 is 5.32 Å². The molecule has 5 heteroatoms. The van der Waals surface area contributed by atoms with Crippen molar-refractivity contribution in [3.8, 4) is 0 Å². The highest BCUT2D eigenvalue weighted by molar-refractivity contribution is 14.0. The van der Waals surface area contributed by atoms with Gasteiger partial charge >= 0.3 is 0 Å². The Kier molecular flexibility index (Phi) is 9.90. The van der Waals surface area contributed by atoms with Gasteiger partial charge in [0.2, 0.25) is 0 Å². The number of aryl methyl sites for hydroxylation is 1. The van der Waals surface area contributed by atoms with Gasteiger partial charge in [-0.15, -0.1) is 24.0 Å². The maximum absolute atomic E-state index is 6.19. The lowest BCUT2D eigenvalue weighted by atomic mass is 10.1. The summed E-state index contributed by atoms with van der Waals surface area (Å²) in [5.41, 5.74) is 2.69. The third-order valence-corrected chi connectivity index (χ3v) is 5.81. The Hall–Kier alpha value is -0.820. The van der Waals surface area contributed by atoms with Gasteiger partial charge in [0.05, 0.1) is 6.10 Å². The molecule has 1 aliphatic heterocycles.